The Morgan fingerprint density at radius 2 is 1.82 bits per heavy atom. The average molecular weight is 490 g/mol. The van der Waals surface area contributed by atoms with Crippen molar-refractivity contribution in [2.24, 2.45) is 0 Å². The first-order chi connectivity index (χ1) is 16.2. The summed E-state index contributed by atoms with van der Waals surface area (Å²) in [6, 6.07) is 15.0. The number of benzene rings is 3. The number of rotatable bonds is 11. The van der Waals surface area contributed by atoms with Crippen LogP contribution in [-0.2, 0) is 14.8 Å². The Kier molecular flexibility index (Phi) is 7.76. The topological polar surface area (TPSA) is 145 Å². The minimum absolute atomic E-state index is 0.102. The van der Waals surface area contributed by atoms with E-state index in [9.17, 15) is 27.7 Å². The van der Waals surface area contributed by atoms with Gasteiger partial charge >= 0.3 is 5.97 Å². The Bertz CT molecular complexity index is 1310. The number of aliphatic carboxylic acids is 1. The van der Waals surface area contributed by atoms with Crippen molar-refractivity contribution < 1.29 is 37.1 Å². The van der Waals surface area contributed by atoms with E-state index in [0.29, 0.717) is 16.9 Å². The third kappa shape index (κ3) is 6.27. The highest BCUT2D eigenvalue weighted by atomic mass is 32.2. The minimum atomic E-state index is -4.14. The van der Waals surface area contributed by atoms with Crippen LogP contribution in [0.5, 0.6) is 11.5 Å². The number of hydrogen-bond acceptors (Lipinski definition) is 7. The van der Waals surface area contributed by atoms with Gasteiger partial charge < -0.3 is 14.6 Å². The summed E-state index contributed by atoms with van der Waals surface area (Å²) in [5.41, 5.74) is 0.251. The first-order valence-corrected chi connectivity index (χ1v) is 11.3. The Balaban J connectivity index is 1.68. The molecular formula is C22H19FN2O8S. The van der Waals surface area contributed by atoms with E-state index >= 15 is 0 Å². The summed E-state index contributed by atoms with van der Waals surface area (Å²) in [5.74, 6) is -1.24. The molecule has 0 aliphatic heterocycles. The number of sulfonamides is 1. The number of hydrogen-bond donors (Lipinski definition) is 2. The van der Waals surface area contributed by atoms with Crippen molar-refractivity contribution in [2.45, 2.75) is 4.90 Å². The maximum atomic E-state index is 13.8. The van der Waals surface area contributed by atoms with Crippen LogP contribution in [0.2, 0.25) is 0 Å². The monoisotopic (exact) mass is 490 g/mol. The molecule has 10 nitrogen and oxygen atoms in total. The second kappa shape index (κ2) is 10.7. The summed E-state index contributed by atoms with van der Waals surface area (Å²) in [6.07, 6.45) is 0. The summed E-state index contributed by atoms with van der Waals surface area (Å²) in [5, 5.41) is 19.9. The molecule has 3 aromatic carbocycles. The first kappa shape index (κ1) is 24.6. The second-order valence-corrected chi connectivity index (χ2v) is 8.56. The van der Waals surface area contributed by atoms with Crippen LogP contribution in [0.1, 0.15) is 0 Å². The molecule has 12 heteroatoms. The van der Waals surface area contributed by atoms with Gasteiger partial charge in [0.2, 0.25) is 10.0 Å². The molecule has 0 saturated carbocycles. The molecule has 0 amide bonds. The number of carboxylic acids is 1. The summed E-state index contributed by atoms with van der Waals surface area (Å²) in [4.78, 5) is 20.6. The second-order valence-electron chi connectivity index (χ2n) is 6.82. The molecule has 0 saturated heterocycles. The highest BCUT2D eigenvalue weighted by Crippen LogP contribution is 2.33. The van der Waals surface area contributed by atoms with Gasteiger partial charge in [0.05, 0.1) is 4.92 Å². The number of carbonyl (C=O) groups is 1. The maximum absolute atomic E-state index is 13.8. The molecule has 0 spiro atoms. The number of nitro benzene ring substituents is 1. The summed E-state index contributed by atoms with van der Waals surface area (Å²) in [6.45, 7) is -0.880. The molecule has 0 fully saturated rings. The number of para-hydroxylation sites is 1. The highest BCUT2D eigenvalue weighted by Gasteiger charge is 2.24. The standard InChI is InChI=1S/C22H19FN2O8S/c23-16-8-9-20(33-14-22(26)27)18(13-16)15-4-3-5-17(12-15)32-11-10-24-34(30,31)21-7-2-1-6-19(21)25(28)29/h1-9,12-13,24H,10-11,14H2,(H,26,27). The molecule has 0 radical (unpaired) electrons. The van der Waals surface area contributed by atoms with E-state index in [2.05, 4.69) is 4.72 Å². The lowest BCUT2D eigenvalue weighted by Crippen LogP contribution is -2.28. The molecule has 0 aromatic heterocycles. The molecule has 0 atom stereocenters. The molecule has 0 aliphatic rings. The lowest BCUT2D eigenvalue weighted by atomic mass is 10.0. The number of carboxylic acid groups (broad SMARTS) is 1. The van der Waals surface area contributed by atoms with Crippen LogP contribution in [0.25, 0.3) is 11.1 Å². The highest BCUT2D eigenvalue weighted by molar-refractivity contribution is 7.89. The number of nitrogens with one attached hydrogen (secondary N) is 1. The average Bonchev–Trinajstić information content (AvgIpc) is 2.81. The van der Waals surface area contributed by atoms with Crippen molar-refractivity contribution in [3.05, 3.63) is 82.7 Å². The van der Waals surface area contributed by atoms with Crippen LogP contribution < -0.4 is 14.2 Å². The Labute approximate surface area is 193 Å². The van der Waals surface area contributed by atoms with Gasteiger partial charge in [-0.1, -0.05) is 24.3 Å². The zero-order valence-electron chi connectivity index (χ0n) is 17.5. The van der Waals surface area contributed by atoms with Crippen molar-refractivity contribution in [1.29, 1.82) is 0 Å². The summed E-state index contributed by atoms with van der Waals surface area (Å²) >= 11 is 0. The van der Waals surface area contributed by atoms with Gasteiger partial charge in [0.1, 0.15) is 23.9 Å². The van der Waals surface area contributed by atoms with E-state index in [0.717, 1.165) is 18.2 Å². The van der Waals surface area contributed by atoms with E-state index in [4.69, 9.17) is 14.6 Å². The number of ether oxygens (including phenoxy) is 2. The zero-order chi connectivity index (χ0) is 24.7. The van der Waals surface area contributed by atoms with Crippen molar-refractivity contribution in [3.63, 3.8) is 0 Å². The summed E-state index contributed by atoms with van der Waals surface area (Å²) < 4.78 is 51.7. The van der Waals surface area contributed by atoms with Gasteiger partial charge in [-0.3, -0.25) is 10.1 Å². The van der Waals surface area contributed by atoms with Gasteiger partial charge in [0.25, 0.3) is 5.69 Å². The molecule has 178 valence electrons. The number of halogens is 1. The van der Waals surface area contributed by atoms with E-state index in [-0.39, 0.29) is 18.9 Å². The van der Waals surface area contributed by atoms with Gasteiger partial charge in [0, 0.05) is 18.2 Å². The van der Waals surface area contributed by atoms with Crippen LogP contribution in [0.4, 0.5) is 10.1 Å². The Morgan fingerprint density at radius 3 is 2.56 bits per heavy atom. The van der Waals surface area contributed by atoms with Crippen LogP contribution in [0.3, 0.4) is 0 Å². The fourth-order valence-electron chi connectivity index (χ4n) is 3.00. The van der Waals surface area contributed by atoms with Crippen molar-refractivity contribution in [1.82, 2.24) is 4.72 Å². The smallest absolute Gasteiger partial charge is 0.341 e. The normalized spacial score (nSPS) is 11.1. The van der Waals surface area contributed by atoms with Crippen LogP contribution in [0, 0.1) is 15.9 Å². The van der Waals surface area contributed by atoms with Gasteiger partial charge in [-0.25, -0.2) is 22.3 Å². The van der Waals surface area contributed by atoms with Gasteiger partial charge in [0.15, 0.2) is 11.5 Å². The van der Waals surface area contributed by atoms with Crippen LogP contribution in [-0.4, -0.2) is 44.2 Å². The molecular weight excluding hydrogens is 471 g/mol. The fraction of sp³-hybridized carbons (Fsp3) is 0.136. The predicted molar refractivity (Wildman–Crippen MR) is 119 cm³/mol. The SMILES string of the molecule is O=C(O)COc1ccc(F)cc1-c1cccc(OCCNS(=O)(=O)c2ccccc2[N+](=O)[O-])c1. The molecule has 0 unspecified atom stereocenters. The Morgan fingerprint density at radius 1 is 1.06 bits per heavy atom. The minimum Gasteiger partial charge on any atom is -0.492 e. The molecule has 3 aromatic rings. The van der Waals surface area contributed by atoms with Crippen LogP contribution >= 0.6 is 0 Å². The van der Waals surface area contributed by atoms with Crippen molar-refractivity contribution in [3.8, 4) is 22.6 Å². The fourth-order valence-corrected chi connectivity index (χ4v) is 4.19. The molecule has 34 heavy (non-hydrogen) atoms. The third-order valence-corrected chi connectivity index (χ3v) is 5.96. The van der Waals surface area contributed by atoms with Gasteiger partial charge in [-0.05, 0) is 42.0 Å². The van der Waals surface area contributed by atoms with E-state index < -0.39 is 43.9 Å². The molecule has 0 aliphatic carbocycles. The molecule has 3 rings (SSSR count). The van der Waals surface area contributed by atoms with E-state index in [1.165, 1.54) is 24.3 Å². The van der Waals surface area contributed by atoms with Gasteiger partial charge in [-0.2, -0.15) is 0 Å². The predicted octanol–water partition coefficient (Wildman–Crippen LogP) is 3.22. The molecule has 0 bridgehead atoms. The quantitative estimate of drug-likeness (QED) is 0.237. The van der Waals surface area contributed by atoms with E-state index in [1.807, 2.05) is 0 Å². The Hall–Kier alpha value is -4.03. The van der Waals surface area contributed by atoms with Crippen molar-refractivity contribution in [2.75, 3.05) is 19.8 Å². The van der Waals surface area contributed by atoms with Crippen molar-refractivity contribution >= 4 is 21.7 Å². The first-order valence-electron chi connectivity index (χ1n) is 9.78. The zero-order valence-corrected chi connectivity index (χ0v) is 18.3. The maximum Gasteiger partial charge on any atom is 0.341 e. The largest absolute Gasteiger partial charge is 0.492 e. The van der Waals surface area contributed by atoms with Gasteiger partial charge in [-0.15, -0.1) is 0 Å². The lowest BCUT2D eigenvalue weighted by molar-refractivity contribution is -0.387. The van der Waals surface area contributed by atoms with E-state index in [1.54, 1.807) is 24.3 Å². The van der Waals surface area contributed by atoms with Crippen LogP contribution in [0.15, 0.2) is 71.6 Å². The molecule has 0 heterocycles. The number of nitro groups is 1. The molecule has 2 N–H and O–H groups in total. The third-order valence-electron chi connectivity index (χ3n) is 4.45. The number of nitrogens with zero attached hydrogens (tertiary/aromatic N) is 1. The lowest BCUT2D eigenvalue weighted by Gasteiger charge is -2.13. The summed E-state index contributed by atoms with van der Waals surface area (Å²) in [7, 11) is -4.14.